The van der Waals surface area contributed by atoms with Crippen LogP contribution in [-0.4, -0.2) is 30.4 Å². The Labute approximate surface area is 99.6 Å². The summed E-state index contributed by atoms with van der Waals surface area (Å²) in [6.07, 6.45) is -1.43. The molecule has 94 valence electrons. The van der Waals surface area contributed by atoms with Crippen LogP contribution in [0.1, 0.15) is 23.7 Å². The van der Waals surface area contributed by atoms with Crippen LogP contribution in [0.3, 0.4) is 0 Å². The highest BCUT2D eigenvalue weighted by molar-refractivity contribution is 5.67. The molecule has 1 aromatic carbocycles. The molecule has 0 heterocycles. The summed E-state index contributed by atoms with van der Waals surface area (Å²) in [5.74, 6) is 0.0589. The van der Waals surface area contributed by atoms with Crippen LogP contribution in [-0.2, 0) is 4.79 Å². The Morgan fingerprint density at radius 3 is 2.12 bits per heavy atom. The van der Waals surface area contributed by atoms with Gasteiger partial charge in [0.15, 0.2) is 0 Å². The van der Waals surface area contributed by atoms with E-state index in [1.165, 1.54) is 14.2 Å². The topological polar surface area (TPSA) is 76.0 Å². The lowest BCUT2D eigenvalue weighted by atomic mass is 10.0. The molecule has 0 fully saturated rings. The van der Waals surface area contributed by atoms with Crippen molar-refractivity contribution in [2.75, 3.05) is 14.2 Å². The van der Waals surface area contributed by atoms with Crippen molar-refractivity contribution in [3.8, 4) is 11.5 Å². The van der Waals surface area contributed by atoms with Crippen molar-refractivity contribution in [1.29, 1.82) is 0 Å². The van der Waals surface area contributed by atoms with Gasteiger partial charge in [-0.3, -0.25) is 4.79 Å². The standard InChI is InChI=1S/C12H16O5/c1-7-10(16-2)4-8(5-11(7)17-3)9(13)6-12(14)15/h4-5,9,13H,6H2,1-3H3,(H,14,15). The first-order chi connectivity index (χ1) is 7.99. The molecule has 0 aromatic heterocycles. The summed E-state index contributed by atoms with van der Waals surface area (Å²) in [6.45, 7) is 1.82. The molecule has 0 saturated heterocycles. The Morgan fingerprint density at radius 1 is 1.29 bits per heavy atom. The molecule has 0 amide bonds. The second-order valence-electron chi connectivity index (χ2n) is 3.66. The third kappa shape index (κ3) is 3.10. The van der Waals surface area contributed by atoms with Gasteiger partial charge in [0.2, 0.25) is 0 Å². The monoisotopic (exact) mass is 240 g/mol. The summed E-state index contributed by atoms with van der Waals surface area (Å²) in [5, 5.41) is 18.4. The maximum absolute atomic E-state index is 10.5. The Balaban J connectivity index is 3.12. The molecule has 17 heavy (non-hydrogen) atoms. The number of aliphatic carboxylic acids is 1. The van der Waals surface area contributed by atoms with Gasteiger partial charge in [-0.25, -0.2) is 0 Å². The zero-order chi connectivity index (χ0) is 13.0. The van der Waals surface area contributed by atoms with Crippen molar-refractivity contribution in [2.45, 2.75) is 19.4 Å². The van der Waals surface area contributed by atoms with Crippen LogP contribution in [0.5, 0.6) is 11.5 Å². The van der Waals surface area contributed by atoms with Gasteiger partial charge in [-0.15, -0.1) is 0 Å². The first-order valence-electron chi connectivity index (χ1n) is 5.12. The highest BCUT2D eigenvalue weighted by atomic mass is 16.5. The molecular weight excluding hydrogens is 224 g/mol. The van der Waals surface area contributed by atoms with E-state index in [1.54, 1.807) is 12.1 Å². The molecule has 1 unspecified atom stereocenters. The molecule has 5 heteroatoms. The molecule has 1 atom stereocenters. The van der Waals surface area contributed by atoms with E-state index in [0.717, 1.165) is 5.56 Å². The van der Waals surface area contributed by atoms with E-state index in [9.17, 15) is 9.90 Å². The predicted molar refractivity (Wildman–Crippen MR) is 61.5 cm³/mol. The molecule has 0 saturated carbocycles. The van der Waals surface area contributed by atoms with Gasteiger partial charge >= 0.3 is 5.97 Å². The second-order valence-corrected chi connectivity index (χ2v) is 3.66. The first-order valence-corrected chi connectivity index (χ1v) is 5.12. The Bertz CT molecular complexity index is 388. The number of ether oxygens (including phenoxy) is 2. The van der Waals surface area contributed by atoms with Gasteiger partial charge in [-0.05, 0) is 24.6 Å². The SMILES string of the molecule is COc1cc(C(O)CC(=O)O)cc(OC)c1C. The molecule has 0 spiro atoms. The van der Waals surface area contributed by atoms with Gasteiger partial charge in [0, 0.05) is 5.56 Å². The Morgan fingerprint density at radius 2 is 1.76 bits per heavy atom. The summed E-state index contributed by atoms with van der Waals surface area (Å²) in [5.41, 5.74) is 1.27. The van der Waals surface area contributed by atoms with E-state index < -0.39 is 12.1 Å². The molecule has 0 aliphatic heterocycles. The normalized spacial score (nSPS) is 12.0. The third-order valence-electron chi connectivity index (χ3n) is 2.53. The van der Waals surface area contributed by atoms with Gasteiger partial charge in [-0.2, -0.15) is 0 Å². The molecule has 1 rings (SSSR count). The molecule has 1 aromatic rings. The highest BCUT2D eigenvalue weighted by Gasteiger charge is 2.16. The van der Waals surface area contributed by atoms with Gasteiger partial charge in [-0.1, -0.05) is 0 Å². The van der Waals surface area contributed by atoms with Crippen LogP contribution < -0.4 is 9.47 Å². The molecule has 0 aliphatic rings. The van der Waals surface area contributed by atoms with Crippen molar-refractivity contribution in [3.63, 3.8) is 0 Å². The molecular formula is C12H16O5. The molecule has 0 bridgehead atoms. The quantitative estimate of drug-likeness (QED) is 0.816. The van der Waals surface area contributed by atoms with E-state index in [-0.39, 0.29) is 6.42 Å². The van der Waals surface area contributed by atoms with Crippen molar-refractivity contribution < 1.29 is 24.5 Å². The van der Waals surface area contributed by atoms with Crippen molar-refractivity contribution >= 4 is 5.97 Å². The van der Waals surface area contributed by atoms with Gasteiger partial charge in [0.25, 0.3) is 0 Å². The smallest absolute Gasteiger partial charge is 0.306 e. The van der Waals surface area contributed by atoms with Crippen molar-refractivity contribution in [2.24, 2.45) is 0 Å². The summed E-state index contributed by atoms with van der Waals surface area (Å²) >= 11 is 0. The largest absolute Gasteiger partial charge is 0.496 e. The molecule has 0 radical (unpaired) electrons. The third-order valence-corrected chi connectivity index (χ3v) is 2.53. The Hall–Kier alpha value is -1.75. The van der Waals surface area contributed by atoms with Crippen LogP contribution in [0.15, 0.2) is 12.1 Å². The lowest BCUT2D eigenvalue weighted by Gasteiger charge is -2.15. The van der Waals surface area contributed by atoms with E-state index in [4.69, 9.17) is 14.6 Å². The summed E-state index contributed by atoms with van der Waals surface area (Å²) in [6, 6.07) is 3.23. The zero-order valence-corrected chi connectivity index (χ0v) is 10.1. The van der Waals surface area contributed by atoms with Gasteiger partial charge in [0.1, 0.15) is 11.5 Å². The summed E-state index contributed by atoms with van der Waals surface area (Å²) in [4.78, 5) is 10.5. The van der Waals surface area contributed by atoms with Crippen LogP contribution in [0, 0.1) is 6.92 Å². The zero-order valence-electron chi connectivity index (χ0n) is 10.1. The summed E-state index contributed by atoms with van der Waals surface area (Å²) < 4.78 is 10.3. The average molecular weight is 240 g/mol. The number of rotatable bonds is 5. The lowest BCUT2D eigenvalue weighted by Crippen LogP contribution is -2.06. The predicted octanol–water partition coefficient (Wildman–Crippen LogP) is 1.52. The number of carboxylic acid groups (broad SMARTS) is 1. The van der Waals surface area contributed by atoms with Gasteiger partial charge < -0.3 is 19.7 Å². The second kappa shape index (κ2) is 5.54. The Kier molecular flexibility index (Phi) is 4.34. The van der Waals surface area contributed by atoms with Crippen LogP contribution in [0.2, 0.25) is 0 Å². The summed E-state index contributed by atoms with van der Waals surface area (Å²) in [7, 11) is 3.02. The van der Waals surface area contributed by atoms with E-state index >= 15 is 0 Å². The number of hydrogen-bond acceptors (Lipinski definition) is 4. The minimum atomic E-state index is -1.07. The van der Waals surface area contributed by atoms with Gasteiger partial charge in [0.05, 0.1) is 26.7 Å². The maximum Gasteiger partial charge on any atom is 0.306 e. The first kappa shape index (κ1) is 13.3. The van der Waals surface area contributed by atoms with Crippen molar-refractivity contribution in [1.82, 2.24) is 0 Å². The van der Waals surface area contributed by atoms with Crippen LogP contribution >= 0.6 is 0 Å². The highest BCUT2D eigenvalue weighted by Crippen LogP contribution is 2.32. The fourth-order valence-corrected chi connectivity index (χ4v) is 1.58. The number of methoxy groups -OCH3 is 2. The fraction of sp³-hybridized carbons (Fsp3) is 0.417. The van der Waals surface area contributed by atoms with Crippen LogP contribution in [0.4, 0.5) is 0 Å². The van der Waals surface area contributed by atoms with E-state index in [1.807, 2.05) is 6.92 Å². The number of carboxylic acids is 1. The van der Waals surface area contributed by atoms with Crippen molar-refractivity contribution in [3.05, 3.63) is 23.3 Å². The number of aliphatic hydroxyl groups excluding tert-OH is 1. The van der Waals surface area contributed by atoms with E-state index in [0.29, 0.717) is 17.1 Å². The number of benzene rings is 1. The van der Waals surface area contributed by atoms with Crippen LogP contribution in [0.25, 0.3) is 0 Å². The molecule has 2 N–H and O–H groups in total. The fourth-order valence-electron chi connectivity index (χ4n) is 1.58. The number of hydrogen-bond donors (Lipinski definition) is 2. The molecule has 5 nitrogen and oxygen atoms in total. The molecule has 0 aliphatic carbocycles. The minimum absolute atomic E-state index is 0.352. The average Bonchev–Trinajstić information content (AvgIpc) is 2.28. The number of carbonyl (C=O) groups is 1. The van der Waals surface area contributed by atoms with E-state index in [2.05, 4.69) is 0 Å². The minimum Gasteiger partial charge on any atom is -0.496 e. The lowest BCUT2D eigenvalue weighted by molar-refractivity contribution is -0.139. The number of aliphatic hydroxyl groups is 1. The maximum atomic E-state index is 10.5.